The van der Waals surface area contributed by atoms with Crippen LogP contribution in [0.15, 0.2) is 11.5 Å². The van der Waals surface area contributed by atoms with Gasteiger partial charge >= 0.3 is 0 Å². The molecule has 2 N–H and O–H groups in total. The van der Waals surface area contributed by atoms with Crippen molar-refractivity contribution in [2.75, 3.05) is 0 Å². The molecule has 0 unspecified atom stereocenters. The van der Waals surface area contributed by atoms with Crippen LogP contribution in [-0.2, 0) is 18.8 Å². The van der Waals surface area contributed by atoms with E-state index in [0.29, 0.717) is 12.5 Å². The Hall–Kier alpha value is -1.41. The molecule has 2 aromatic rings. The summed E-state index contributed by atoms with van der Waals surface area (Å²) in [5.41, 5.74) is 5.71. The number of nitrogens with zero attached hydrogens (tertiary/aromatic N) is 6. The number of nitrogens with two attached hydrogens (primary N) is 1. The Morgan fingerprint density at radius 1 is 1.19 bits per heavy atom. The molecule has 2 rings (SSSR count). The molecule has 0 amide bonds. The molecule has 0 bridgehead atoms. The van der Waals surface area contributed by atoms with E-state index in [9.17, 15) is 0 Å². The molecule has 8 heteroatoms. The molecule has 0 saturated heterocycles. The molecule has 0 atom stereocenters. The molecule has 0 aliphatic rings. The monoisotopic (exact) mass is 309 g/mol. The SMILES string of the molecule is CC(C)Cn1ncnc1CSc1nnc(CN)n1C(C)C. The number of hydrogen-bond donors (Lipinski definition) is 1. The lowest BCUT2D eigenvalue weighted by Gasteiger charge is -2.13. The molecular formula is C13H23N7S. The van der Waals surface area contributed by atoms with E-state index in [1.807, 2.05) is 4.68 Å². The van der Waals surface area contributed by atoms with Crippen molar-refractivity contribution in [1.82, 2.24) is 29.5 Å². The van der Waals surface area contributed by atoms with Crippen molar-refractivity contribution in [2.45, 2.75) is 57.7 Å². The molecule has 2 heterocycles. The van der Waals surface area contributed by atoms with E-state index in [4.69, 9.17) is 5.73 Å². The van der Waals surface area contributed by atoms with Crippen LogP contribution in [-0.4, -0.2) is 29.5 Å². The first-order valence-electron chi connectivity index (χ1n) is 7.16. The van der Waals surface area contributed by atoms with E-state index in [0.717, 1.165) is 29.1 Å². The zero-order chi connectivity index (χ0) is 15.4. The van der Waals surface area contributed by atoms with Gasteiger partial charge < -0.3 is 10.3 Å². The smallest absolute Gasteiger partial charge is 0.191 e. The Balaban J connectivity index is 2.10. The number of thioether (sulfide) groups is 1. The molecule has 0 aromatic carbocycles. The Morgan fingerprint density at radius 2 is 1.95 bits per heavy atom. The fraction of sp³-hybridized carbons (Fsp3) is 0.692. The van der Waals surface area contributed by atoms with Gasteiger partial charge in [-0.3, -0.25) is 0 Å². The molecule has 21 heavy (non-hydrogen) atoms. The molecule has 0 saturated carbocycles. The second-order valence-corrected chi connectivity index (χ2v) is 6.55. The summed E-state index contributed by atoms with van der Waals surface area (Å²) in [4.78, 5) is 4.33. The lowest BCUT2D eigenvalue weighted by atomic mass is 10.2. The van der Waals surface area contributed by atoms with Crippen molar-refractivity contribution in [3.63, 3.8) is 0 Å². The number of rotatable bonds is 7. The standard InChI is InChI=1S/C13H23N7S/c1-9(2)6-19-12(15-8-16-19)7-21-13-18-17-11(5-14)20(13)10(3)4/h8-10H,5-7,14H2,1-4H3. The lowest BCUT2D eigenvalue weighted by molar-refractivity contribution is 0.471. The van der Waals surface area contributed by atoms with E-state index in [1.165, 1.54) is 0 Å². The van der Waals surface area contributed by atoms with Crippen LogP contribution in [0.3, 0.4) is 0 Å². The van der Waals surface area contributed by atoms with E-state index >= 15 is 0 Å². The van der Waals surface area contributed by atoms with Gasteiger partial charge in [-0.25, -0.2) is 9.67 Å². The summed E-state index contributed by atoms with van der Waals surface area (Å²) >= 11 is 1.62. The van der Waals surface area contributed by atoms with E-state index < -0.39 is 0 Å². The fourth-order valence-electron chi connectivity index (χ4n) is 2.09. The predicted molar refractivity (Wildman–Crippen MR) is 82.7 cm³/mol. The summed E-state index contributed by atoms with van der Waals surface area (Å²) in [6.07, 6.45) is 1.61. The van der Waals surface area contributed by atoms with Gasteiger partial charge in [0.05, 0.1) is 12.3 Å². The van der Waals surface area contributed by atoms with Crippen LogP contribution in [0, 0.1) is 5.92 Å². The first-order chi connectivity index (χ1) is 10.0. The Bertz CT molecular complexity index is 573. The van der Waals surface area contributed by atoms with Crippen molar-refractivity contribution in [3.05, 3.63) is 18.0 Å². The van der Waals surface area contributed by atoms with Gasteiger partial charge in [-0.15, -0.1) is 10.2 Å². The highest BCUT2D eigenvalue weighted by molar-refractivity contribution is 7.98. The van der Waals surface area contributed by atoms with Crippen LogP contribution >= 0.6 is 11.8 Å². The van der Waals surface area contributed by atoms with Gasteiger partial charge in [0.1, 0.15) is 18.0 Å². The Kier molecular flexibility index (Phi) is 5.35. The third-order valence-corrected chi connectivity index (χ3v) is 3.94. The molecule has 7 nitrogen and oxygen atoms in total. The van der Waals surface area contributed by atoms with Crippen molar-refractivity contribution >= 4 is 11.8 Å². The highest BCUT2D eigenvalue weighted by atomic mass is 32.2. The minimum absolute atomic E-state index is 0.287. The average Bonchev–Trinajstić information content (AvgIpc) is 3.01. The zero-order valence-electron chi connectivity index (χ0n) is 13.0. The quantitative estimate of drug-likeness (QED) is 0.785. The molecule has 0 aliphatic heterocycles. The normalized spacial score (nSPS) is 11.8. The van der Waals surface area contributed by atoms with Crippen LogP contribution in [0.2, 0.25) is 0 Å². The van der Waals surface area contributed by atoms with E-state index in [1.54, 1.807) is 18.1 Å². The number of aromatic nitrogens is 6. The predicted octanol–water partition coefficient (Wildman–Crippen LogP) is 1.86. The van der Waals surface area contributed by atoms with Gasteiger partial charge in [-0.05, 0) is 19.8 Å². The highest BCUT2D eigenvalue weighted by Gasteiger charge is 2.15. The molecule has 0 fully saturated rings. The van der Waals surface area contributed by atoms with Crippen molar-refractivity contribution in [3.8, 4) is 0 Å². The van der Waals surface area contributed by atoms with Crippen LogP contribution < -0.4 is 5.73 Å². The highest BCUT2D eigenvalue weighted by Crippen LogP contribution is 2.24. The maximum absolute atomic E-state index is 5.71. The summed E-state index contributed by atoms with van der Waals surface area (Å²) in [5.74, 6) is 3.04. The van der Waals surface area contributed by atoms with Crippen molar-refractivity contribution in [2.24, 2.45) is 11.7 Å². The van der Waals surface area contributed by atoms with E-state index in [2.05, 4.69) is 52.5 Å². The van der Waals surface area contributed by atoms with Crippen LogP contribution in [0.4, 0.5) is 0 Å². The summed E-state index contributed by atoms with van der Waals surface area (Å²) in [7, 11) is 0. The third kappa shape index (κ3) is 3.82. The molecule has 0 spiro atoms. The van der Waals surface area contributed by atoms with Crippen molar-refractivity contribution in [1.29, 1.82) is 0 Å². The van der Waals surface area contributed by atoms with Gasteiger partial charge in [0.2, 0.25) is 0 Å². The third-order valence-electron chi connectivity index (χ3n) is 3.00. The largest absolute Gasteiger partial charge is 0.324 e. The first-order valence-corrected chi connectivity index (χ1v) is 8.14. The second-order valence-electron chi connectivity index (χ2n) is 5.61. The Morgan fingerprint density at radius 3 is 2.57 bits per heavy atom. The van der Waals surface area contributed by atoms with Gasteiger partial charge in [0, 0.05) is 12.6 Å². The molecule has 2 aromatic heterocycles. The zero-order valence-corrected chi connectivity index (χ0v) is 13.8. The molecule has 116 valence electrons. The summed E-state index contributed by atoms with van der Waals surface area (Å²) in [6.45, 7) is 9.82. The van der Waals surface area contributed by atoms with Crippen LogP contribution in [0.1, 0.15) is 45.4 Å². The minimum Gasteiger partial charge on any atom is -0.324 e. The minimum atomic E-state index is 0.287. The molecule has 0 aliphatic carbocycles. The van der Waals surface area contributed by atoms with Crippen LogP contribution in [0.25, 0.3) is 0 Å². The summed E-state index contributed by atoms with van der Waals surface area (Å²) in [5, 5.41) is 13.5. The van der Waals surface area contributed by atoms with Crippen molar-refractivity contribution < 1.29 is 0 Å². The van der Waals surface area contributed by atoms with Crippen LogP contribution in [0.5, 0.6) is 0 Å². The first kappa shape index (κ1) is 16.0. The number of hydrogen-bond acceptors (Lipinski definition) is 6. The summed E-state index contributed by atoms with van der Waals surface area (Å²) < 4.78 is 4.03. The second kappa shape index (κ2) is 7.04. The maximum atomic E-state index is 5.71. The van der Waals surface area contributed by atoms with E-state index in [-0.39, 0.29) is 6.04 Å². The summed E-state index contributed by atoms with van der Waals surface area (Å²) in [6, 6.07) is 0.287. The van der Waals surface area contributed by atoms with Gasteiger partial charge in [0.15, 0.2) is 5.16 Å². The Labute approximate surface area is 129 Å². The van der Waals surface area contributed by atoms with Gasteiger partial charge in [-0.2, -0.15) is 5.10 Å². The molecular weight excluding hydrogens is 286 g/mol. The van der Waals surface area contributed by atoms with Gasteiger partial charge in [0.25, 0.3) is 0 Å². The maximum Gasteiger partial charge on any atom is 0.191 e. The topological polar surface area (TPSA) is 87.4 Å². The molecule has 0 radical (unpaired) electrons. The van der Waals surface area contributed by atoms with Gasteiger partial charge in [-0.1, -0.05) is 25.6 Å². The lowest BCUT2D eigenvalue weighted by Crippen LogP contribution is -2.12. The fourth-order valence-corrected chi connectivity index (χ4v) is 3.13. The average molecular weight is 309 g/mol.